The Morgan fingerprint density at radius 1 is 1.55 bits per heavy atom. The lowest BCUT2D eigenvalue weighted by atomic mass is 10.1. The van der Waals surface area contributed by atoms with Crippen molar-refractivity contribution in [3.05, 3.63) is 28.3 Å². The van der Waals surface area contributed by atoms with E-state index in [1.54, 1.807) is 6.07 Å². The number of hydrogen-bond donors (Lipinski definition) is 2. The first-order valence-corrected chi connectivity index (χ1v) is 7.03. The van der Waals surface area contributed by atoms with Crippen LogP contribution in [0, 0.1) is 16.0 Å². The Morgan fingerprint density at radius 2 is 2.40 bits per heavy atom. The van der Waals surface area contributed by atoms with Crippen molar-refractivity contribution in [2.24, 2.45) is 5.92 Å². The van der Waals surface area contributed by atoms with Crippen LogP contribution in [0.3, 0.4) is 0 Å². The fraction of sp³-hybridized carbons (Fsp3) is 0.417. The summed E-state index contributed by atoms with van der Waals surface area (Å²) < 4.78 is 0.970. The lowest BCUT2D eigenvalue weighted by molar-refractivity contribution is -0.384. The molecule has 2 heterocycles. The quantitative estimate of drug-likeness (QED) is 0.670. The third kappa shape index (κ3) is 3.17. The zero-order chi connectivity index (χ0) is 13.2. The van der Waals surface area contributed by atoms with Gasteiger partial charge in [-0.2, -0.15) is 0 Å². The van der Waals surface area contributed by atoms with E-state index < -0.39 is 4.92 Å². The fourth-order valence-electron chi connectivity index (χ4n) is 2.23. The molecule has 1 aromatic heterocycles. The Balaban J connectivity index is 0.00000147. The van der Waals surface area contributed by atoms with E-state index in [-0.39, 0.29) is 18.1 Å². The fourth-order valence-corrected chi connectivity index (χ4v) is 3.08. The average molecular weight is 315 g/mol. The number of thiazole rings is 1. The molecule has 0 aliphatic carbocycles. The van der Waals surface area contributed by atoms with Crippen LogP contribution in [0.5, 0.6) is 0 Å². The van der Waals surface area contributed by atoms with Crippen LogP contribution in [-0.4, -0.2) is 29.5 Å². The molecule has 1 saturated heterocycles. The Hall–Kier alpha value is -1.44. The minimum Gasteiger partial charge on any atom is -0.361 e. The predicted octanol–water partition coefficient (Wildman–Crippen LogP) is 2.65. The first-order chi connectivity index (χ1) is 9.22. The van der Waals surface area contributed by atoms with Gasteiger partial charge in [0.1, 0.15) is 0 Å². The maximum atomic E-state index is 10.7. The molecule has 108 valence electrons. The Labute approximate surface area is 126 Å². The van der Waals surface area contributed by atoms with Gasteiger partial charge in [-0.05, 0) is 31.5 Å². The van der Waals surface area contributed by atoms with Crippen molar-refractivity contribution >= 4 is 44.8 Å². The monoisotopic (exact) mass is 314 g/mol. The predicted molar refractivity (Wildman–Crippen MR) is 83.0 cm³/mol. The topological polar surface area (TPSA) is 80.1 Å². The summed E-state index contributed by atoms with van der Waals surface area (Å²) in [6.45, 7) is 3.02. The largest absolute Gasteiger partial charge is 0.361 e. The SMILES string of the molecule is Cl.O=[N+]([O-])c1ccc2sc(NCC3CCNC3)nc2c1. The lowest BCUT2D eigenvalue weighted by Gasteiger charge is -2.07. The molecule has 2 N–H and O–H groups in total. The maximum absolute atomic E-state index is 10.7. The number of fused-ring (bicyclic) bond motifs is 1. The van der Waals surface area contributed by atoms with Crippen molar-refractivity contribution in [3.8, 4) is 0 Å². The molecule has 2 aromatic rings. The van der Waals surface area contributed by atoms with Crippen LogP contribution in [0.4, 0.5) is 10.8 Å². The van der Waals surface area contributed by atoms with Gasteiger partial charge in [0.2, 0.25) is 0 Å². The van der Waals surface area contributed by atoms with Gasteiger partial charge in [0.15, 0.2) is 5.13 Å². The first kappa shape index (κ1) is 15.0. The number of nitrogens with zero attached hydrogens (tertiary/aromatic N) is 2. The molecule has 20 heavy (non-hydrogen) atoms. The third-order valence-corrected chi connectivity index (χ3v) is 4.28. The minimum absolute atomic E-state index is 0. The number of benzene rings is 1. The summed E-state index contributed by atoms with van der Waals surface area (Å²) in [5.41, 5.74) is 0.774. The van der Waals surface area contributed by atoms with Gasteiger partial charge in [-0.15, -0.1) is 12.4 Å². The number of halogens is 1. The molecule has 1 aromatic carbocycles. The molecule has 0 saturated carbocycles. The van der Waals surface area contributed by atoms with E-state index in [2.05, 4.69) is 15.6 Å². The Kier molecular flexibility index (Phi) is 4.74. The van der Waals surface area contributed by atoms with Crippen molar-refractivity contribution in [1.29, 1.82) is 0 Å². The molecule has 0 radical (unpaired) electrons. The number of nitrogens with one attached hydrogen (secondary N) is 2. The van der Waals surface area contributed by atoms with E-state index in [1.807, 2.05) is 0 Å². The van der Waals surface area contributed by atoms with Crippen LogP contribution in [0.1, 0.15) is 6.42 Å². The summed E-state index contributed by atoms with van der Waals surface area (Å²) in [5, 5.41) is 18.2. The second-order valence-corrected chi connectivity index (χ2v) is 5.70. The van der Waals surface area contributed by atoms with E-state index in [4.69, 9.17) is 0 Å². The lowest BCUT2D eigenvalue weighted by Crippen LogP contribution is -2.16. The highest BCUT2D eigenvalue weighted by Crippen LogP contribution is 2.29. The summed E-state index contributed by atoms with van der Waals surface area (Å²) in [4.78, 5) is 14.7. The summed E-state index contributed by atoms with van der Waals surface area (Å²) in [7, 11) is 0. The smallest absolute Gasteiger partial charge is 0.271 e. The molecular weight excluding hydrogens is 300 g/mol. The van der Waals surface area contributed by atoms with Crippen LogP contribution < -0.4 is 10.6 Å². The van der Waals surface area contributed by atoms with Gasteiger partial charge >= 0.3 is 0 Å². The molecule has 1 aliphatic heterocycles. The van der Waals surface area contributed by atoms with Gasteiger partial charge in [-0.1, -0.05) is 11.3 Å². The number of anilines is 1. The van der Waals surface area contributed by atoms with Crippen molar-refractivity contribution in [1.82, 2.24) is 10.3 Å². The molecule has 8 heteroatoms. The number of aromatic nitrogens is 1. The zero-order valence-electron chi connectivity index (χ0n) is 10.7. The van der Waals surface area contributed by atoms with Crippen molar-refractivity contribution in [3.63, 3.8) is 0 Å². The average Bonchev–Trinajstić information content (AvgIpc) is 3.04. The second kappa shape index (κ2) is 6.34. The molecule has 0 spiro atoms. The van der Waals surface area contributed by atoms with Gasteiger partial charge in [-0.3, -0.25) is 10.1 Å². The van der Waals surface area contributed by atoms with Gasteiger partial charge in [0, 0.05) is 18.7 Å². The minimum atomic E-state index is -0.393. The number of non-ortho nitro benzene ring substituents is 1. The third-order valence-electron chi connectivity index (χ3n) is 3.29. The van der Waals surface area contributed by atoms with Gasteiger partial charge in [-0.25, -0.2) is 4.98 Å². The van der Waals surface area contributed by atoms with Gasteiger partial charge in [0.05, 0.1) is 15.1 Å². The molecule has 1 aliphatic rings. The van der Waals surface area contributed by atoms with E-state index in [1.165, 1.54) is 29.9 Å². The molecule has 1 fully saturated rings. The summed E-state index contributed by atoms with van der Waals surface area (Å²) >= 11 is 1.54. The second-order valence-electron chi connectivity index (χ2n) is 4.67. The highest BCUT2D eigenvalue weighted by molar-refractivity contribution is 7.22. The van der Waals surface area contributed by atoms with Gasteiger partial charge in [0.25, 0.3) is 5.69 Å². The summed E-state index contributed by atoms with van der Waals surface area (Å²) in [6.07, 6.45) is 1.18. The van der Waals surface area contributed by atoms with Crippen LogP contribution in [0.2, 0.25) is 0 Å². The van der Waals surface area contributed by atoms with Crippen molar-refractivity contribution in [2.45, 2.75) is 6.42 Å². The zero-order valence-corrected chi connectivity index (χ0v) is 12.3. The number of nitro benzene ring substituents is 1. The standard InChI is InChI=1S/C12H14N4O2S.ClH/c17-16(18)9-1-2-11-10(5-9)15-12(19-11)14-7-8-3-4-13-6-8;/h1-2,5,8,13H,3-4,6-7H2,(H,14,15);1H. The maximum Gasteiger partial charge on any atom is 0.271 e. The highest BCUT2D eigenvalue weighted by Gasteiger charge is 2.15. The molecule has 0 bridgehead atoms. The first-order valence-electron chi connectivity index (χ1n) is 6.22. The normalized spacial score (nSPS) is 17.9. The Bertz CT molecular complexity index is 613. The van der Waals surface area contributed by atoms with Crippen LogP contribution in [0.15, 0.2) is 18.2 Å². The van der Waals surface area contributed by atoms with E-state index in [9.17, 15) is 10.1 Å². The summed E-state index contributed by atoms with van der Waals surface area (Å²) in [6, 6.07) is 4.80. The molecule has 0 amide bonds. The van der Waals surface area contributed by atoms with Crippen LogP contribution in [-0.2, 0) is 0 Å². The molecule has 6 nitrogen and oxygen atoms in total. The molecule has 3 rings (SSSR count). The van der Waals surface area contributed by atoms with Gasteiger partial charge < -0.3 is 10.6 Å². The van der Waals surface area contributed by atoms with Crippen LogP contribution >= 0.6 is 23.7 Å². The molecular formula is C12H15ClN4O2S. The summed E-state index contributed by atoms with van der Waals surface area (Å²) in [5.74, 6) is 0.640. The Morgan fingerprint density at radius 3 is 3.10 bits per heavy atom. The van der Waals surface area contributed by atoms with E-state index >= 15 is 0 Å². The van der Waals surface area contributed by atoms with E-state index in [0.29, 0.717) is 11.4 Å². The molecule has 1 unspecified atom stereocenters. The molecule has 1 atom stereocenters. The number of nitro groups is 1. The van der Waals surface area contributed by atoms with Crippen molar-refractivity contribution in [2.75, 3.05) is 25.0 Å². The van der Waals surface area contributed by atoms with Crippen molar-refractivity contribution < 1.29 is 4.92 Å². The highest BCUT2D eigenvalue weighted by atomic mass is 35.5. The number of rotatable bonds is 4. The van der Waals surface area contributed by atoms with E-state index in [0.717, 1.165) is 29.5 Å². The number of hydrogen-bond acceptors (Lipinski definition) is 6. The van der Waals surface area contributed by atoms with Crippen LogP contribution in [0.25, 0.3) is 10.2 Å².